The van der Waals surface area contributed by atoms with E-state index in [1.807, 2.05) is 43.3 Å². The first kappa shape index (κ1) is 15.0. The number of methoxy groups -OCH3 is 1. The largest absolute Gasteiger partial charge is 0.497 e. The molecule has 0 fully saturated rings. The smallest absolute Gasteiger partial charge is 0.134 e. The number of aromatic nitrogens is 1. The summed E-state index contributed by atoms with van der Waals surface area (Å²) < 4.78 is 10.9. The van der Waals surface area contributed by atoms with Crippen molar-refractivity contribution in [2.75, 3.05) is 7.11 Å². The minimum absolute atomic E-state index is 0.153. The molecular weight excluding hydrogens is 266 g/mol. The Kier molecular flexibility index (Phi) is 4.93. The van der Waals surface area contributed by atoms with Crippen molar-refractivity contribution in [1.29, 1.82) is 0 Å². The summed E-state index contributed by atoms with van der Waals surface area (Å²) in [4.78, 5) is 15.5. The second-order valence-corrected chi connectivity index (χ2v) is 4.95. The summed E-state index contributed by atoms with van der Waals surface area (Å²) in [7, 11) is 1.63. The van der Waals surface area contributed by atoms with Crippen LogP contribution >= 0.6 is 0 Å². The number of carbonyl (C=O) groups excluding carboxylic acids is 1. The minimum Gasteiger partial charge on any atom is -0.497 e. The van der Waals surface area contributed by atoms with Gasteiger partial charge in [-0.1, -0.05) is 12.1 Å². The standard InChI is InChI=1S/C17H19NO3/c1-12-8-17(20-3)10-15(18-12)11-21-16-6-4-14(5-7-16)9-13(2)19/h4-8,10H,9,11H2,1-3H3. The molecule has 0 aliphatic heterocycles. The molecule has 1 aromatic carbocycles. The maximum Gasteiger partial charge on any atom is 0.134 e. The van der Waals surface area contributed by atoms with Crippen molar-refractivity contribution in [2.45, 2.75) is 26.9 Å². The predicted molar refractivity (Wildman–Crippen MR) is 80.7 cm³/mol. The van der Waals surface area contributed by atoms with Crippen LogP contribution < -0.4 is 9.47 Å². The second-order valence-electron chi connectivity index (χ2n) is 4.95. The zero-order valence-electron chi connectivity index (χ0n) is 12.6. The lowest BCUT2D eigenvalue weighted by Crippen LogP contribution is -2.01. The van der Waals surface area contributed by atoms with Crippen molar-refractivity contribution >= 4 is 5.78 Å². The van der Waals surface area contributed by atoms with Crippen LogP contribution in [-0.4, -0.2) is 17.9 Å². The highest BCUT2D eigenvalue weighted by molar-refractivity contribution is 5.78. The Morgan fingerprint density at radius 1 is 1.14 bits per heavy atom. The monoisotopic (exact) mass is 285 g/mol. The van der Waals surface area contributed by atoms with Crippen LogP contribution in [0.5, 0.6) is 11.5 Å². The summed E-state index contributed by atoms with van der Waals surface area (Å²) in [6.45, 7) is 3.88. The second kappa shape index (κ2) is 6.88. The average molecular weight is 285 g/mol. The van der Waals surface area contributed by atoms with Gasteiger partial charge in [0.25, 0.3) is 0 Å². The SMILES string of the molecule is COc1cc(C)nc(COc2ccc(CC(C)=O)cc2)c1. The molecule has 0 amide bonds. The van der Waals surface area contributed by atoms with E-state index in [4.69, 9.17) is 9.47 Å². The van der Waals surface area contributed by atoms with Crippen LogP contribution in [0.1, 0.15) is 23.9 Å². The molecule has 0 aliphatic carbocycles. The van der Waals surface area contributed by atoms with E-state index in [1.54, 1.807) is 14.0 Å². The molecule has 1 aromatic heterocycles. The van der Waals surface area contributed by atoms with Crippen LogP contribution in [0.4, 0.5) is 0 Å². The fourth-order valence-electron chi connectivity index (χ4n) is 2.04. The molecule has 4 heteroatoms. The summed E-state index contributed by atoms with van der Waals surface area (Å²) in [5, 5.41) is 0. The maximum atomic E-state index is 11.0. The van der Waals surface area contributed by atoms with Crippen molar-refractivity contribution < 1.29 is 14.3 Å². The quantitative estimate of drug-likeness (QED) is 0.818. The van der Waals surface area contributed by atoms with Crippen LogP contribution in [0.15, 0.2) is 36.4 Å². The summed E-state index contributed by atoms with van der Waals surface area (Å²) in [6.07, 6.45) is 0.455. The lowest BCUT2D eigenvalue weighted by atomic mass is 10.1. The Balaban J connectivity index is 1.99. The van der Waals surface area contributed by atoms with Gasteiger partial charge in [0.05, 0.1) is 12.8 Å². The normalized spacial score (nSPS) is 10.2. The third-order valence-electron chi connectivity index (χ3n) is 2.98. The summed E-state index contributed by atoms with van der Waals surface area (Å²) in [5.41, 5.74) is 2.70. The summed E-state index contributed by atoms with van der Waals surface area (Å²) in [5.74, 6) is 1.68. The van der Waals surface area contributed by atoms with Gasteiger partial charge in [0.15, 0.2) is 0 Å². The van der Waals surface area contributed by atoms with Gasteiger partial charge in [0.1, 0.15) is 23.9 Å². The molecule has 110 valence electrons. The van der Waals surface area contributed by atoms with Crippen LogP contribution in [0, 0.1) is 6.92 Å². The highest BCUT2D eigenvalue weighted by Crippen LogP contribution is 2.17. The third-order valence-corrected chi connectivity index (χ3v) is 2.98. The van der Waals surface area contributed by atoms with Crippen LogP contribution in [0.25, 0.3) is 0 Å². The number of Topliss-reactive ketones (excluding diaryl/α,β-unsaturated/α-hetero) is 1. The van der Waals surface area contributed by atoms with E-state index in [0.717, 1.165) is 28.5 Å². The zero-order chi connectivity index (χ0) is 15.2. The van der Waals surface area contributed by atoms with Crippen molar-refractivity contribution in [1.82, 2.24) is 4.98 Å². The van der Waals surface area contributed by atoms with Gasteiger partial charge >= 0.3 is 0 Å². The van der Waals surface area contributed by atoms with E-state index in [9.17, 15) is 4.79 Å². The van der Waals surface area contributed by atoms with Gasteiger partial charge < -0.3 is 9.47 Å². The highest BCUT2D eigenvalue weighted by atomic mass is 16.5. The Morgan fingerprint density at radius 2 is 1.86 bits per heavy atom. The van der Waals surface area contributed by atoms with Gasteiger partial charge in [0, 0.05) is 24.2 Å². The molecule has 0 unspecified atom stereocenters. The molecule has 0 spiro atoms. The Morgan fingerprint density at radius 3 is 2.48 bits per heavy atom. The highest BCUT2D eigenvalue weighted by Gasteiger charge is 2.03. The summed E-state index contributed by atoms with van der Waals surface area (Å²) in [6, 6.07) is 11.3. The molecule has 0 saturated heterocycles. The molecule has 0 radical (unpaired) electrons. The Labute approximate surface area is 124 Å². The van der Waals surface area contributed by atoms with Crippen LogP contribution in [0.3, 0.4) is 0 Å². The lowest BCUT2D eigenvalue weighted by Gasteiger charge is -2.09. The maximum absolute atomic E-state index is 11.0. The minimum atomic E-state index is 0.153. The van der Waals surface area contributed by atoms with Crippen molar-refractivity contribution in [3.63, 3.8) is 0 Å². The van der Waals surface area contributed by atoms with E-state index in [-0.39, 0.29) is 5.78 Å². The van der Waals surface area contributed by atoms with E-state index < -0.39 is 0 Å². The number of hydrogen-bond acceptors (Lipinski definition) is 4. The molecule has 0 aliphatic rings. The van der Waals surface area contributed by atoms with Crippen LogP contribution in [0.2, 0.25) is 0 Å². The Hall–Kier alpha value is -2.36. The van der Waals surface area contributed by atoms with E-state index >= 15 is 0 Å². The molecule has 0 saturated carbocycles. The molecule has 0 N–H and O–H groups in total. The number of hydrogen-bond donors (Lipinski definition) is 0. The number of ketones is 1. The number of benzene rings is 1. The predicted octanol–water partition coefficient (Wildman–Crippen LogP) is 3.11. The Bertz CT molecular complexity index is 620. The fraction of sp³-hybridized carbons (Fsp3) is 0.294. The number of nitrogens with zero attached hydrogens (tertiary/aromatic N) is 1. The van der Waals surface area contributed by atoms with Crippen molar-refractivity contribution in [3.8, 4) is 11.5 Å². The topological polar surface area (TPSA) is 48.4 Å². The lowest BCUT2D eigenvalue weighted by molar-refractivity contribution is -0.116. The number of carbonyl (C=O) groups is 1. The van der Waals surface area contributed by atoms with E-state index in [1.165, 1.54) is 0 Å². The summed E-state index contributed by atoms with van der Waals surface area (Å²) >= 11 is 0. The first-order valence-electron chi connectivity index (χ1n) is 6.79. The number of ether oxygens (including phenoxy) is 2. The van der Waals surface area contributed by atoms with Gasteiger partial charge in [0.2, 0.25) is 0 Å². The first-order valence-corrected chi connectivity index (χ1v) is 6.79. The van der Waals surface area contributed by atoms with Gasteiger partial charge in [-0.05, 0) is 31.5 Å². The first-order chi connectivity index (χ1) is 10.1. The van der Waals surface area contributed by atoms with Gasteiger partial charge in [-0.15, -0.1) is 0 Å². The molecule has 2 rings (SSSR count). The zero-order valence-corrected chi connectivity index (χ0v) is 12.6. The number of pyridine rings is 1. The molecule has 2 aromatic rings. The third kappa shape index (κ3) is 4.60. The van der Waals surface area contributed by atoms with Crippen molar-refractivity contribution in [2.24, 2.45) is 0 Å². The van der Waals surface area contributed by atoms with Gasteiger partial charge in [-0.2, -0.15) is 0 Å². The number of aryl methyl sites for hydroxylation is 1. The molecule has 21 heavy (non-hydrogen) atoms. The average Bonchev–Trinajstić information content (AvgIpc) is 2.45. The van der Waals surface area contributed by atoms with E-state index in [2.05, 4.69) is 4.98 Å². The number of rotatable bonds is 6. The molecule has 1 heterocycles. The molecule has 0 bridgehead atoms. The van der Waals surface area contributed by atoms with Crippen molar-refractivity contribution in [3.05, 3.63) is 53.3 Å². The van der Waals surface area contributed by atoms with Gasteiger partial charge in [-0.25, -0.2) is 0 Å². The fourth-order valence-corrected chi connectivity index (χ4v) is 2.04. The van der Waals surface area contributed by atoms with Crippen LogP contribution in [-0.2, 0) is 17.8 Å². The molecular formula is C17H19NO3. The molecule has 4 nitrogen and oxygen atoms in total. The molecule has 0 atom stereocenters. The van der Waals surface area contributed by atoms with E-state index in [0.29, 0.717) is 13.0 Å². The van der Waals surface area contributed by atoms with Gasteiger partial charge in [-0.3, -0.25) is 9.78 Å².